The molecule has 1 amide bonds. The zero-order chi connectivity index (χ0) is 14.8. The van der Waals surface area contributed by atoms with Gasteiger partial charge in [0.1, 0.15) is 0 Å². The van der Waals surface area contributed by atoms with E-state index in [0.717, 1.165) is 24.8 Å². The van der Waals surface area contributed by atoms with Gasteiger partial charge < -0.3 is 10.4 Å². The summed E-state index contributed by atoms with van der Waals surface area (Å²) in [6.07, 6.45) is 5.98. The van der Waals surface area contributed by atoms with Gasteiger partial charge in [0.25, 0.3) is 0 Å². The van der Waals surface area contributed by atoms with E-state index in [-0.39, 0.29) is 12.5 Å². The number of aliphatic hydroxyl groups is 1. The first kappa shape index (κ1) is 16.7. The van der Waals surface area contributed by atoms with E-state index in [4.69, 9.17) is 16.7 Å². The van der Waals surface area contributed by atoms with E-state index < -0.39 is 0 Å². The number of benzene rings is 1. The summed E-state index contributed by atoms with van der Waals surface area (Å²) in [7, 11) is 0. The second kappa shape index (κ2) is 9.56. The Labute approximate surface area is 125 Å². The van der Waals surface area contributed by atoms with E-state index in [0.29, 0.717) is 17.5 Å². The molecule has 1 rings (SSSR count). The molecule has 3 nitrogen and oxygen atoms in total. The number of aliphatic hydroxyl groups excluding tert-OH is 1. The molecule has 0 aliphatic rings. The summed E-state index contributed by atoms with van der Waals surface area (Å²) in [4.78, 5) is 11.7. The number of carbonyl (C=O) groups is 1. The Morgan fingerprint density at radius 3 is 2.80 bits per heavy atom. The lowest BCUT2D eigenvalue weighted by Gasteiger charge is -2.14. The largest absolute Gasteiger partial charge is 0.396 e. The monoisotopic (exact) mass is 295 g/mol. The smallest absolute Gasteiger partial charge is 0.244 e. The van der Waals surface area contributed by atoms with E-state index in [9.17, 15) is 4.79 Å². The van der Waals surface area contributed by atoms with Crippen LogP contribution in [0.3, 0.4) is 0 Å². The highest BCUT2D eigenvalue weighted by Crippen LogP contribution is 2.16. The third-order valence-corrected chi connectivity index (χ3v) is 3.46. The Kier molecular flexibility index (Phi) is 8.00. The standard InChI is InChI=1S/C16H22ClNO2/c1-2-5-13(10-11-19)12-18-16(20)9-8-14-6-3-4-7-15(14)17/h3-4,6-9,13,19H,2,5,10-12H2,1H3,(H,18,20)/b9-8+. The van der Waals surface area contributed by atoms with Crippen molar-refractivity contribution in [2.45, 2.75) is 26.2 Å². The lowest BCUT2D eigenvalue weighted by molar-refractivity contribution is -0.116. The summed E-state index contributed by atoms with van der Waals surface area (Å²) in [6, 6.07) is 7.38. The lowest BCUT2D eigenvalue weighted by atomic mass is 10.0. The maximum Gasteiger partial charge on any atom is 0.244 e. The van der Waals surface area contributed by atoms with Crippen molar-refractivity contribution in [3.63, 3.8) is 0 Å². The molecule has 0 radical (unpaired) electrons. The van der Waals surface area contributed by atoms with Crippen LogP contribution in [0, 0.1) is 5.92 Å². The molecule has 0 spiro atoms. The fourth-order valence-electron chi connectivity index (χ4n) is 2.02. The van der Waals surface area contributed by atoms with Crippen molar-refractivity contribution in [2.24, 2.45) is 5.92 Å². The molecule has 1 aromatic carbocycles. The molecule has 1 unspecified atom stereocenters. The molecule has 20 heavy (non-hydrogen) atoms. The van der Waals surface area contributed by atoms with Gasteiger partial charge in [0, 0.05) is 24.3 Å². The van der Waals surface area contributed by atoms with Crippen LogP contribution >= 0.6 is 11.6 Å². The SMILES string of the molecule is CCCC(CCO)CNC(=O)/C=C/c1ccccc1Cl. The van der Waals surface area contributed by atoms with Gasteiger partial charge in [0.2, 0.25) is 5.91 Å². The molecule has 4 heteroatoms. The highest BCUT2D eigenvalue weighted by Gasteiger charge is 2.08. The maximum atomic E-state index is 11.7. The summed E-state index contributed by atoms with van der Waals surface area (Å²) in [5.41, 5.74) is 0.824. The van der Waals surface area contributed by atoms with E-state index in [1.165, 1.54) is 6.08 Å². The van der Waals surface area contributed by atoms with Gasteiger partial charge in [0.15, 0.2) is 0 Å². The van der Waals surface area contributed by atoms with Crippen molar-refractivity contribution in [2.75, 3.05) is 13.2 Å². The topological polar surface area (TPSA) is 49.3 Å². The lowest BCUT2D eigenvalue weighted by Crippen LogP contribution is -2.28. The van der Waals surface area contributed by atoms with Gasteiger partial charge in [-0.15, -0.1) is 0 Å². The third kappa shape index (κ3) is 6.22. The van der Waals surface area contributed by atoms with E-state index in [1.54, 1.807) is 12.1 Å². The second-order valence-electron chi connectivity index (χ2n) is 4.77. The molecule has 0 aromatic heterocycles. The Morgan fingerprint density at radius 1 is 1.40 bits per heavy atom. The Bertz CT molecular complexity index is 440. The molecule has 0 bridgehead atoms. The highest BCUT2D eigenvalue weighted by molar-refractivity contribution is 6.32. The average molecular weight is 296 g/mol. The quantitative estimate of drug-likeness (QED) is 0.723. The molecule has 1 aromatic rings. The van der Waals surface area contributed by atoms with Gasteiger partial charge >= 0.3 is 0 Å². The number of hydrogen-bond donors (Lipinski definition) is 2. The van der Waals surface area contributed by atoms with Crippen LogP contribution in [0.4, 0.5) is 0 Å². The Morgan fingerprint density at radius 2 is 2.15 bits per heavy atom. The van der Waals surface area contributed by atoms with E-state index in [2.05, 4.69) is 12.2 Å². The predicted octanol–water partition coefficient (Wildman–Crippen LogP) is 3.27. The minimum Gasteiger partial charge on any atom is -0.396 e. The molecule has 2 N–H and O–H groups in total. The molecule has 0 saturated heterocycles. The van der Waals surface area contributed by atoms with Crippen molar-refractivity contribution < 1.29 is 9.90 Å². The maximum absolute atomic E-state index is 11.7. The van der Waals surface area contributed by atoms with Crippen molar-refractivity contribution >= 4 is 23.6 Å². The summed E-state index contributed by atoms with van der Waals surface area (Å²) in [5.74, 6) is 0.201. The van der Waals surface area contributed by atoms with Gasteiger partial charge in [-0.2, -0.15) is 0 Å². The van der Waals surface area contributed by atoms with E-state index in [1.807, 2.05) is 18.2 Å². The molecule has 1 atom stereocenters. The van der Waals surface area contributed by atoms with Crippen LogP contribution in [0.2, 0.25) is 5.02 Å². The van der Waals surface area contributed by atoms with Gasteiger partial charge in [0.05, 0.1) is 0 Å². The van der Waals surface area contributed by atoms with Gasteiger partial charge in [-0.1, -0.05) is 43.1 Å². The van der Waals surface area contributed by atoms with Crippen LogP contribution in [0.5, 0.6) is 0 Å². The summed E-state index contributed by atoms with van der Waals surface area (Å²) >= 11 is 6.01. The van der Waals surface area contributed by atoms with Crippen molar-refractivity contribution in [1.29, 1.82) is 0 Å². The molecule has 0 heterocycles. The van der Waals surface area contributed by atoms with Gasteiger partial charge in [-0.3, -0.25) is 4.79 Å². The summed E-state index contributed by atoms with van der Waals surface area (Å²) in [5, 5.41) is 12.5. The fourth-order valence-corrected chi connectivity index (χ4v) is 2.22. The zero-order valence-corrected chi connectivity index (χ0v) is 12.6. The first-order valence-corrected chi connectivity index (χ1v) is 7.36. The molecule has 0 saturated carbocycles. The minimum absolute atomic E-state index is 0.135. The number of carbonyl (C=O) groups excluding carboxylic acids is 1. The van der Waals surface area contributed by atoms with Crippen LogP contribution in [-0.4, -0.2) is 24.2 Å². The van der Waals surface area contributed by atoms with Crippen molar-refractivity contribution in [1.82, 2.24) is 5.32 Å². The van der Waals surface area contributed by atoms with Crippen molar-refractivity contribution in [3.8, 4) is 0 Å². The number of rotatable bonds is 8. The number of hydrogen-bond acceptors (Lipinski definition) is 2. The fraction of sp³-hybridized carbons (Fsp3) is 0.438. The molecule has 0 fully saturated rings. The van der Waals surface area contributed by atoms with Crippen LogP contribution < -0.4 is 5.32 Å². The normalized spacial score (nSPS) is 12.6. The summed E-state index contributed by atoms with van der Waals surface area (Å²) < 4.78 is 0. The second-order valence-corrected chi connectivity index (χ2v) is 5.17. The average Bonchev–Trinajstić information content (AvgIpc) is 2.44. The third-order valence-electron chi connectivity index (χ3n) is 3.12. The van der Waals surface area contributed by atoms with Gasteiger partial charge in [-0.25, -0.2) is 0 Å². The number of amides is 1. The minimum atomic E-state index is -0.135. The molecule has 110 valence electrons. The number of halogens is 1. The summed E-state index contributed by atoms with van der Waals surface area (Å²) in [6.45, 7) is 2.86. The van der Waals surface area contributed by atoms with Crippen LogP contribution in [0.1, 0.15) is 31.7 Å². The predicted molar refractivity (Wildman–Crippen MR) is 83.6 cm³/mol. The van der Waals surface area contributed by atoms with Crippen LogP contribution in [0.25, 0.3) is 6.08 Å². The van der Waals surface area contributed by atoms with Crippen molar-refractivity contribution in [3.05, 3.63) is 40.9 Å². The van der Waals surface area contributed by atoms with E-state index >= 15 is 0 Å². The number of nitrogens with one attached hydrogen (secondary N) is 1. The molecule has 0 aliphatic carbocycles. The van der Waals surface area contributed by atoms with Crippen LogP contribution in [-0.2, 0) is 4.79 Å². The Balaban J connectivity index is 2.45. The molecule has 0 aliphatic heterocycles. The molecular formula is C16H22ClNO2. The Hall–Kier alpha value is -1.32. The first-order valence-electron chi connectivity index (χ1n) is 6.98. The first-order chi connectivity index (χ1) is 9.67. The van der Waals surface area contributed by atoms with Crippen LogP contribution in [0.15, 0.2) is 30.3 Å². The zero-order valence-electron chi connectivity index (χ0n) is 11.8. The molecular weight excluding hydrogens is 274 g/mol. The van der Waals surface area contributed by atoms with Gasteiger partial charge in [-0.05, 0) is 36.5 Å². The highest BCUT2D eigenvalue weighted by atomic mass is 35.5.